The first-order valence-corrected chi connectivity index (χ1v) is 3.75. The van der Waals surface area contributed by atoms with Crippen LogP contribution in [0.5, 0.6) is 0 Å². The second kappa shape index (κ2) is 4.34. The maximum absolute atomic E-state index is 10.2. The van der Waals surface area contributed by atoms with Crippen LogP contribution in [0.25, 0.3) is 0 Å². The highest BCUT2D eigenvalue weighted by Gasteiger charge is 1.87. The maximum Gasteiger partial charge on any atom is 0.262 e. The molecule has 0 aliphatic rings. The lowest BCUT2D eigenvalue weighted by Gasteiger charge is -1.92. The molecule has 0 aromatic heterocycles. The predicted octanol–water partition coefficient (Wildman–Crippen LogP) is 1.59. The second-order valence-electron chi connectivity index (χ2n) is 2.46. The van der Waals surface area contributed by atoms with Crippen LogP contribution in [0.15, 0.2) is 42.5 Å². The zero-order chi connectivity index (χ0) is 8.81. The number of rotatable bonds is 3. The minimum atomic E-state index is -0.647. The molecule has 0 unspecified atom stereocenters. The molecule has 1 N–H and O–H groups in total. The number of allylic oxidation sites excluding steroid dienone is 1. The van der Waals surface area contributed by atoms with Crippen molar-refractivity contribution in [3.05, 3.63) is 48.0 Å². The van der Waals surface area contributed by atoms with Crippen LogP contribution in [0.1, 0.15) is 5.56 Å². The number of benzene rings is 1. The molecule has 0 fully saturated rings. The molecule has 0 heterocycles. The predicted molar refractivity (Wildman–Crippen MR) is 47.4 cm³/mol. The Kier molecular flexibility index (Phi) is 3.08. The molecular formula is C10H10NO. The van der Waals surface area contributed by atoms with Gasteiger partial charge in [-0.25, -0.2) is 0 Å². The highest BCUT2D eigenvalue weighted by Crippen LogP contribution is 1.99. The SMILES string of the molecule is [NH]C(=O)/C=C/Cc1ccccc1. The average molecular weight is 160 g/mol. The number of carbonyl (C=O) groups is 1. The van der Waals surface area contributed by atoms with Crippen molar-refractivity contribution < 1.29 is 4.79 Å². The van der Waals surface area contributed by atoms with Gasteiger partial charge in [0.1, 0.15) is 0 Å². The lowest BCUT2D eigenvalue weighted by atomic mass is 10.1. The van der Waals surface area contributed by atoms with Crippen molar-refractivity contribution in [2.45, 2.75) is 6.42 Å². The van der Waals surface area contributed by atoms with E-state index in [2.05, 4.69) is 0 Å². The molecule has 1 rings (SSSR count). The van der Waals surface area contributed by atoms with Crippen LogP contribution in [-0.2, 0) is 11.2 Å². The van der Waals surface area contributed by atoms with E-state index in [1.807, 2.05) is 30.3 Å². The van der Waals surface area contributed by atoms with Crippen molar-refractivity contribution in [1.29, 1.82) is 0 Å². The maximum atomic E-state index is 10.2. The average Bonchev–Trinajstić information content (AvgIpc) is 2.05. The lowest BCUT2D eigenvalue weighted by molar-refractivity contribution is -0.114. The van der Waals surface area contributed by atoms with Crippen LogP contribution < -0.4 is 5.73 Å². The van der Waals surface area contributed by atoms with Crippen molar-refractivity contribution in [1.82, 2.24) is 5.73 Å². The Morgan fingerprint density at radius 1 is 1.33 bits per heavy atom. The molecule has 0 spiro atoms. The van der Waals surface area contributed by atoms with E-state index in [9.17, 15) is 4.79 Å². The van der Waals surface area contributed by atoms with Crippen LogP contribution >= 0.6 is 0 Å². The molecule has 2 nitrogen and oxygen atoms in total. The van der Waals surface area contributed by atoms with Gasteiger partial charge >= 0.3 is 0 Å². The first-order valence-electron chi connectivity index (χ1n) is 3.75. The third-order valence-corrected chi connectivity index (χ3v) is 1.47. The van der Waals surface area contributed by atoms with E-state index < -0.39 is 5.91 Å². The van der Waals surface area contributed by atoms with Crippen LogP contribution in [-0.4, -0.2) is 5.91 Å². The molecule has 1 radical (unpaired) electrons. The Labute approximate surface area is 71.7 Å². The Morgan fingerprint density at radius 2 is 2.00 bits per heavy atom. The number of nitrogens with one attached hydrogen (secondary N) is 1. The van der Waals surface area contributed by atoms with Gasteiger partial charge in [0, 0.05) is 6.08 Å². The summed E-state index contributed by atoms with van der Waals surface area (Å²) in [6, 6.07) is 9.82. The van der Waals surface area contributed by atoms with Gasteiger partial charge in [0.15, 0.2) is 0 Å². The number of carbonyl (C=O) groups excluding carboxylic acids is 1. The monoisotopic (exact) mass is 160 g/mol. The van der Waals surface area contributed by atoms with E-state index in [-0.39, 0.29) is 0 Å². The molecule has 0 saturated heterocycles. The summed E-state index contributed by atoms with van der Waals surface area (Å²) in [5.74, 6) is -0.647. The van der Waals surface area contributed by atoms with Crippen LogP contribution in [0.3, 0.4) is 0 Å². The van der Waals surface area contributed by atoms with E-state index in [1.165, 1.54) is 6.08 Å². The van der Waals surface area contributed by atoms with Gasteiger partial charge in [-0.1, -0.05) is 36.4 Å². The molecule has 61 valence electrons. The molecule has 0 atom stereocenters. The topological polar surface area (TPSA) is 40.9 Å². The Bertz CT molecular complexity index is 277. The minimum absolute atomic E-state index is 0.647. The summed E-state index contributed by atoms with van der Waals surface area (Å²) in [4.78, 5) is 10.2. The van der Waals surface area contributed by atoms with Crippen LogP contribution in [0.2, 0.25) is 0 Å². The van der Waals surface area contributed by atoms with E-state index in [1.54, 1.807) is 6.08 Å². The van der Waals surface area contributed by atoms with Gasteiger partial charge in [-0.3, -0.25) is 10.5 Å². The summed E-state index contributed by atoms with van der Waals surface area (Å²) in [5.41, 5.74) is 7.77. The second-order valence-corrected chi connectivity index (χ2v) is 2.46. The van der Waals surface area contributed by atoms with Gasteiger partial charge in [0.25, 0.3) is 5.91 Å². The van der Waals surface area contributed by atoms with Crippen molar-refractivity contribution in [3.63, 3.8) is 0 Å². The van der Waals surface area contributed by atoms with Gasteiger partial charge in [-0.05, 0) is 12.0 Å². The summed E-state index contributed by atoms with van der Waals surface area (Å²) in [7, 11) is 0. The van der Waals surface area contributed by atoms with E-state index >= 15 is 0 Å². The number of amides is 1. The zero-order valence-electron chi connectivity index (χ0n) is 6.66. The fourth-order valence-corrected chi connectivity index (χ4v) is 0.916. The van der Waals surface area contributed by atoms with E-state index in [4.69, 9.17) is 5.73 Å². The number of hydrogen-bond acceptors (Lipinski definition) is 1. The third kappa shape index (κ3) is 3.01. The smallest absolute Gasteiger partial charge is 0.262 e. The molecule has 1 aromatic rings. The summed E-state index contributed by atoms with van der Waals surface area (Å²) >= 11 is 0. The van der Waals surface area contributed by atoms with Gasteiger partial charge in [-0.2, -0.15) is 0 Å². The largest absolute Gasteiger partial charge is 0.268 e. The summed E-state index contributed by atoms with van der Waals surface area (Å²) in [6.45, 7) is 0. The normalized spacial score (nSPS) is 10.3. The van der Waals surface area contributed by atoms with Gasteiger partial charge in [0.2, 0.25) is 0 Å². The van der Waals surface area contributed by atoms with Gasteiger partial charge in [-0.15, -0.1) is 0 Å². The molecule has 0 bridgehead atoms. The highest BCUT2D eigenvalue weighted by molar-refractivity contribution is 5.84. The fraction of sp³-hybridized carbons (Fsp3) is 0.100. The molecule has 12 heavy (non-hydrogen) atoms. The molecular weight excluding hydrogens is 150 g/mol. The van der Waals surface area contributed by atoms with Gasteiger partial charge in [0.05, 0.1) is 0 Å². The highest BCUT2D eigenvalue weighted by atomic mass is 16.1. The van der Waals surface area contributed by atoms with E-state index in [0.717, 1.165) is 5.56 Å². The molecule has 1 amide bonds. The molecule has 0 saturated carbocycles. The van der Waals surface area contributed by atoms with Crippen molar-refractivity contribution >= 4 is 5.91 Å². The van der Waals surface area contributed by atoms with Gasteiger partial charge < -0.3 is 0 Å². The van der Waals surface area contributed by atoms with Crippen molar-refractivity contribution in [2.75, 3.05) is 0 Å². The molecule has 0 aliphatic heterocycles. The fourth-order valence-electron chi connectivity index (χ4n) is 0.916. The first-order chi connectivity index (χ1) is 5.79. The lowest BCUT2D eigenvalue weighted by Crippen LogP contribution is -1.90. The third-order valence-electron chi connectivity index (χ3n) is 1.47. The Balaban J connectivity index is 2.49. The molecule has 1 aromatic carbocycles. The quantitative estimate of drug-likeness (QED) is 0.619. The minimum Gasteiger partial charge on any atom is -0.268 e. The van der Waals surface area contributed by atoms with Crippen molar-refractivity contribution in [3.8, 4) is 0 Å². The summed E-state index contributed by atoms with van der Waals surface area (Å²) in [5, 5.41) is 0. The van der Waals surface area contributed by atoms with Crippen molar-refractivity contribution in [2.24, 2.45) is 0 Å². The Morgan fingerprint density at radius 3 is 2.58 bits per heavy atom. The van der Waals surface area contributed by atoms with Crippen LogP contribution in [0, 0.1) is 0 Å². The standard InChI is InChI=1S/C10H10NO/c11-10(12)8-4-7-9-5-2-1-3-6-9/h1-6,8,11H,7H2/b8-4+. The summed E-state index contributed by atoms with van der Waals surface area (Å²) in [6.07, 6.45) is 3.68. The van der Waals surface area contributed by atoms with Crippen LogP contribution in [0.4, 0.5) is 0 Å². The first kappa shape index (κ1) is 8.53. The molecule has 2 heteroatoms. The Hall–Kier alpha value is -1.57. The number of hydrogen-bond donors (Lipinski definition) is 0. The summed E-state index contributed by atoms with van der Waals surface area (Å²) < 4.78 is 0. The molecule has 0 aliphatic carbocycles. The zero-order valence-corrected chi connectivity index (χ0v) is 6.66. The van der Waals surface area contributed by atoms with E-state index in [0.29, 0.717) is 6.42 Å².